The van der Waals surface area contributed by atoms with Crippen molar-refractivity contribution in [1.29, 1.82) is 0 Å². The van der Waals surface area contributed by atoms with Crippen LogP contribution in [-0.2, 0) is 11.2 Å². The van der Waals surface area contributed by atoms with Gasteiger partial charge in [0.2, 0.25) is 5.91 Å². The molecule has 134 valence electrons. The van der Waals surface area contributed by atoms with E-state index >= 15 is 0 Å². The van der Waals surface area contributed by atoms with E-state index < -0.39 is 0 Å². The molecule has 0 saturated carbocycles. The van der Waals surface area contributed by atoms with Crippen LogP contribution in [0.1, 0.15) is 36.0 Å². The van der Waals surface area contributed by atoms with E-state index in [9.17, 15) is 9.59 Å². The normalized spacial score (nSPS) is 16.3. The molecule has 5 heteroatoms. The average Bonchev–Trinajstić information content (AvgIpc) is 2.56. The van der Waals surface area contributed by atoms with Gasteiger partial charge in [-0.05, 0) is 70.4 Å². The van der Waals surface area contributed by atoms with Crippen LogP contribution in [0.2, 0.25) is 0 Å². The third kappa shape index (κ3) is 4.10. The number of carbonyl (C=O) groups excluding carboxylic acids is 1. The minimum Gasteiger partial charge on any atom is -0.423 e. The first-order valence-electron chi connectivity index (χ1n) is 8.95. The summed E-state index contributed by atoms with van der Waals surface area (Å²) in [6, 6.07) is 6.11. The van der Waals surface area contributed by atoms with E-state index in [0.717, 1.165) is 42.4 Å². The molecule has 0 unspecified atom stereocenters. The van der Waals surface area contributed by atoms with Gasteiger partial charge in [0.15, 0.2) is 0 Å². The summed E-state index contributed by atoms with van der Waals surface area (Å²) in [4.78, 5) is 26.8. The van der Waals surface area contributed by atoms with E-state index in [1.54, 1.807) is 0 Å². The number of nitrogens with one attached hydrogen (secondary N) is 1. The average molecular weight is 342 g/mol. The van der Waals surface area contributed by atoms with Gasteiger partial charge in [0.05, 0.1) is 0 Å². The number of hydrogen-bond donors (Lipinski definition) is 1. The molecule has 2 heterocycles. The quantitative estimate of drug-likeness (QED) is 0.868. The third-order valence-corrected chi connectivity index (χ3v) is 5.13. The lowest BCUT2D eigenvalue weighted by atomic mass is 10.0. The molecule has 1 saturated heterocycles. The topological polar surface area (TPSA) is 62.6 Å². The minimum absolute atomic E-state index is 0.0114. The number of likely N-dealkylation sites (tertiary alicyclic amines) is 1. The second kappa shape index (κ2) is 7.40. The summed E-state index contributed by atoms with van der Waals surface area (Å²) in [5.41, 5.74) is 2.86. The first-order valence-corrected chi connectivity index (χ1v) is 8.95. The number of amides is 1. The van der Waals surface area contributed by atoms with Crippen molar-refractivity contribution >= 4 is 16.9 Å². The number of hydrogen-bond acceptors (Lipinski definition) is 4. The van der Waals surface area contributed by atoms with E-state index in [0.29, 0.717) is 24.0 Å². The van der Waals surface area contributed by atoms with Gasteiger partial charge in [-0.15, -0.1) is 0 Å². The van der Waals surface area contributed by atoms with Crippen LogP contribution in [0.5, 0.6) is 0 Å². The Bertz CT molecular complexity index is 833. The minimum atomic E-state index is -0.331. The van der Waals surface area contributed by atoms with Crippen LogP contribution in [0.4, 0.5) is 0 Å². The third-order valence-electron chi connectivity index (χ3n) is 5.13. The molecule has 1 N–H and O–H groups in total. The second-order valence-electron chi connectivity index (χ2n) is 7.14. The molecule has 1 fully saturated rings. The SMILES string of the molecule is Cc1ccc2c(C)c(CCC(=O)NC3CCN(C)CC3)c(=O)oc2c1. The van der Waals surface area contributed by atoms with Crippen LogP contribution in [0.25, 0.3) is 11.0 Å². The maximum atomic E-state index is 12.3. The second-order valence-corrected chi connectivity index (χ2v) is 7.14. The van der Waals surface area contributed by atoms with E-state index in [1.165, 1.54) is 0 Å². The van der Waals surface area contributed by atoms with Crippen molar-refractivity contribution in [2.75, 3.05) is 20.1 Å². The fourth-order valence-electron chi connectivity index (χ4n) is 3.48. The summed E-state index contributed by atoms with van der Waals surface area (Å²) < 4.78 is 5.46. The highest BCUT2D eigenvalue weighted by molar-refractivity contribution is 5.82. The van der Waals surface area contributed by atoms with Gasteiger partial charge < -0.3 is 14.6 Å². The molecular weight excluding hydrogens is 316 g/mol. The van der Waals surface area contributed by atoms with Crippen LogP contribution < -0.4 is 10.9 Å². The number of fused-ring (bicyclic) bond motifs is 1. The van der Waals surface area contributed by atoms with Gasteiger partial charge in [-0.3, -0.25) is 4.79 Å². The number of carbonyl (C=O) groups is 1. The Balaban J connectivity index is 1.67. The van der Waals surface area contributed by atoms with Gasteiger partial charge in [0.25, 0.3) is 0 Å². The summed E-state index contributed by atoms with van der Waals surface area (Å²) in [7, 11) is 2.10. The Morgan fingerprint density at radius 2 is 2.00 bits per heavy atom. The Kier molecular flexibility index (Phi) is 5.23. The van der Waals surface area contributed by atoms with Crippen molar-refractivity contribution in [3.05, 3.63) is 45.3 Å². The predicted octanol–water partition coefficient (Wildman–Crippen LogP) is 2.55. The zero-order valence-corrected chi connectivity index (χ0v) is 15.2. The van der Waals surface area contributed by atoms with Crippen molar-refractivity contribution in [2.24, 2.45) is 0 Å². The zero-order chi connectivity index (χ0) is 18.0. The van der Waals surface area contributed by atoms with Crippen molar-refractivity contribution in [2.45, 2.75) is 45.6 Å². The predicted molar refractivity (Wildman–Crippen MR) is 98.9 cm³/mol. The fraction of sp³-hybridized carbons (Fsp3) is 0.500. The Morgan fingerprint density at radius 3 is 2.72 bits per heavy atom. The van der Waals surface area contributed by atoms with Crippen molar-refractivity contribution in [1.82, 2.24) is 10.2 Å². The highest BCUT2D eigenvalue weighted by Gasteiger charge is 2.19. The van der Waals surface area contributed by atoms with Gasteiger partial charge in [0.1, 0.15) is 5.58 Å². The summed E-state index contributed by atoms with van der Waals surface area (Å²) >= 11 is 0. The molecule has 3 rings (SSSR count). The molecule has 5 nitrogen and oxygen atoms in total. The maximum Gasteiger partial charge on any atom is 0.339 e. The van der Waals surface area contributed by atoms with Crippen LogP contribution >= 0.6 is 0 Å². The standard InChI is InChI=1S/C20H26N2O3/c1-13-4-5-16-14(2)17(20(24)25-18(16)12-13)6-7-19(23)21-15-8-10-22(3)11-9-15/h4-5,12,15H,6-11H2,1-3H3,(H,21,23). The Morgan fingerprint density at radius 1 is 1.28 bits per heavy atom. The van der Waals surface area contributed by atoms with E-state index in [-0.39, 0.29) is 17.6 Å². The number of nitrogens with zero attached hydrogens (tertiary/aromatic N) is 1. The Labute approximate surface area is 148 Å². The van der Waals surface area contributed by atoms with Crippen LogP contribution in [0.3, 0.4) is 0 Å². The summed E-state index contributed by atoms with van der Waals surface area (Å²) in [6.07, 6.45) is 2.70. The lowest BCUT2D eigenvalue weighted by Crippen LogP contribution is -2.43. The van der Waals surface area contributed by atoms with Crippen LogP contribution in [-0.4, -0.2) is 37.0 Å². The van der Waals surface area contributed by atoms with Crippen LogP contribution in [0, 0.1) is 13.8 Å². The first kappa shape index (κ1) is 17.7. The number of benzene rings is 1. The molecule has 0 radical (unpaired) electrons. The van der Waals surface area contributed by atoms with Gasteiger partial charge in [-0.1, -0.05) is 12.1 Å². The summed E-state index contributed by atoms with van der Waals surface area (Å²) in [6.45, 7) is 5.92. The van der Waals surface area contributed by atoms with Gasteiger partial charge in [-0.2, -0.15) is 0 Å². The van der Waals surface area contributed by atoms with E-state index in [4.69, 9.17) is 4.42 Å². The van der Waals surface area contributed by atoms with Gasteiger partial charge >= 0.3 is 5.63 Å². The van der Waals surface area contributed by atoms with E-state index in [2.05, 4.69) is 17.3 Å². The van der Waals surface area contributed by atoms with E-state index in [1.807, 2.05) is 32.0 Å². The summed E-state index contributed by atoms with van der Waals surface area (Å²) in [5, 5.41) is 4.04. The Hall–Kier alpha value is -2.14. The molecule has 25 heavy (non-hydrogen) atoms. The van der Waals surface area contributed by atoms with Crippen molar-refractivity contribution in [3.8, 4) is 0 Å². The largest absolute Gasteiger partial charge is 0.423 e. The zero-order valence-electron chi connectivity index (χ0n) is 15.2. The lowest BCUT2D eigenvalue weighted by Gasteiger charge is -2.29. The van der Waals surface area contributed by atoms with Gasteiger partial charge in [-0.25, -0.2) is 4.79 Å². The molecule has 1 amide bonds. The molecule has 1 aromatic carbocycles. The highest BCUT2D eigenvalue weighted by atomic mass is 16.4. The molecule has 1 aliphatic rings. The monoisotopic (exact) mass is 342 g/mol. The maximum absolute atomic E-state index is 12.3. The molecule has 1 aromatic heterocycles. The highest BCUT2D eigenvalue weighted by Crippen LogP contribution is 2.21. The fourth-order valence-corrected chi connectivity index (χ4v) is 3.48. The number of aryl methyl sites for hydroxylation is 2. The molecule has 1 aliphatic heterocycles. The molecule has 0 bridgehead atoms. The smallest absolute Gasteiger partial charge is 0.339 e. The molecular formula is C20H26N2O3. The molecule has 0 atom stereocenters. The number of piperidine rings is 1. The molecule has 0 aliphatic carbocycles. The molecule has 2 aromatic rings. The van der Waals surface area contributed by atoms with Crippen LogP contribution in [0.15, 0.2) is 27.4 Å². The van der Waals surface area contributed by atoms with Crippen molar-refractivity contribution < 1.29 is 9.21 Å². The first-order chi connectivity index (χ1) is 11.9. The van der Waals surface area contributed by atoms with Crippen molar-refractivity contribution in [3.63, 3.8) is 0 Å². The number of rotatable bonds is 4. The summed E-state index contributed by atoms with van der Waals surface area (Å²) in [5.74, 6) is 0.0114. The molecule has 0 spiro atoms. The van der Waals surface area contributed by atoms with Gasteiger partial charge in [0, 0.05) is 23.4 Å². The lowest BCUT2D eigenvalue weighted by molar-refractivity contribution is -0.122.